The molecule has 3 heterocycles. The first-order valence-corrected chi connectivity index (χ1v) is 14.8. The molecule has 2 aliphatic heterocycles. The molecule has 0 unspecified atom stereocenters. The lowest BCUT2D eigenvalue weighted by atomic mass is 9.83. The zero-order valence-electron chi connectivity index (χ0n) is 24.9. The summed E-state index contributed by atoms with van der Waals surface area (Å²) in [6, 6.07) is 5.78. The SMILES string of the molecule is CCCCN(CCC[N+](C)(C)C)C(=O)CN1C[C@H](c2ccc3c(c2)CCO3)[C@@H](C(=O)O)[C@@H]1CCc1ncc(C)o1. The van der Waals surface area contributed by atoms with Crippen LogP contribution in [0.2, 0.25) is 0 Å². The van der Waals surface area contributed by atoms with Gasteiger partial charge in [0.15, 0.2) is 5.89 Å². The van der Waals surface area contributed by atoms with Crippen LogP contribution in [0.1, 0.15) is 61.3 Å². The zero-order chi connectivity index (χ0) is 28.9. The maximum Gasteiger partial charge on any atom is 0.308 e. The van der Waals surface area contributed by atoms with E-state index in [0.29, 0.717) is 31.9 Å². The normalized spacial score (nSPS) is 20.9. The Morgan fingerprint density at radius 3 is 2.65 bits per heavy atom. The van der Waals surface area contributed by atoms with Crippen LogP contribution in [-0.4, -0.2) is 103 Å². The third kappa shape index (κ3) is 7.63. The Kier molecular flexibility index (Phi) is 9.90. The van der Waals surface area contributed by atoms with Gasteiger partial charge in [-0.1, -0.05) is 25.5 Å². The minimum atomic E-state index is -0.823. The van der Waals surface area contributed by atoms with Crippen molar-refractivity contribution in [1.82, 2.24) is 14.8 Å². The van der Waals surface area contributed by atoms with E-state index in [1.54, 1.807) is 6.20 Å². The number of aliphatic carboxylic acids is 1. The Morgan fingerprint density at radius 2 is 1.98 bits per heavy atom. The van der Waals surface area contributed by atoms with Crippen molar-refractivity contribution in [3.8, 4) is 5.75 Å². The van der Waals surface area contributed by atoms with Crippen molar-refractivity contribution < 1.29 is 28.3 Å². The lowest BCUT2D eigenvalue weighted by Crippen LogP contribution is -2.45. The average Bonchev–Trinajstić information content (AvgIpc) is 3.61. The van der Waals surface area contributed by atoms with Crippen LogP contribution in [-0.2, 0) is 22.4 Å². The van der Waals surface area contributed by atoms with Crippen molar-refractivity contribution in [2.45, 2.75) is 64.3 Å². The first kappa shape index (κ1) is 30.1. The molecule has 0 bridgehead atoms. The van der Waals surface area contributed by atoms with Gasteiger partial charge in [0.25, 0.3) is 0 Å². The number of oxazole rings is 1. The van der Waals surface area contributed by atoms with E-state index < -0.39 is 11.9 Å². The molecule has 4 rings (SSSR count). The van der Waals surface area contributed by atoms with E-state index in [9.17, 15) is 14.7 Å². The Bertz CT molecular complexity index is 1160. The van der Waals surface area contributed by atoms with Gasteiger partial charge in [0.1, 0.15) is 11.5 Å². The predicted molar refractivity (Wildman–Crippen MR) is 153 cm³/mol. The number of carbonyl (C=O) groups excluding carboxylic acids is 1. The average molecular weight is 556 g/mol. The number of hydrogen-bond acceptors (Lipinski definition) is 6. The fraction of sp³-hybridized carbons (Fsp3) is 0.645. The summed E-state index contributed by atoms with van der Waals surface area (Å²) in [7, 11) is 6.50. The Hall–Kier alpha value is -2.91. The van der Waals surface area contributed by atoms with Crippen molar-refractivity contribution >= 4 is 11.9 Å². The molecule has 0 aliphatic carbocycles. The molecule has 9 heteroatoms. The van der Waals surface area contributed by atoms with E-state index >= 15 is 0 Å². The van der Waals surface area contributed by atoms with E-state index in [-0.39, 0.29) is 24.4 Å². The molecule has 1 fully saturated rings. The van der Waals surface area contributed by atoms with Crippen LogP contribution >= 0.6 is 0 Å². The molecule has 1 amide bonds. The molecule has 3 atom stereocenters. The molecule has 40 heavy (non-hydrogen) atoms. The number of aryl methyl sites for hydroxylation is 2. The second-order valence-corrected chi connectivity index (χ2v) is 12.4. The van der Waals surface area contributed by atoms with E-state index in [2.05, 4.69) is 44.0 Å². The topological polar surface area (TPSA) is 96.1 Å². The van der Waals surface area contributed by atoms with Crippen molar-refractivity contribution in [3.05, 3.63) is 47.2 Å². The molecular formula is C31H47N4O5+. The summed E-state index contributed by atoms with van der Waals surface area (Å²) in [6.07, 6.45) is 6.53. The monoisotopic (exact) mass is 555 g/mol. The van der Waals surface area contributed by atoms with Crippen molar-refractivity contribution in [2.24, 2.45) is 5.92 Å². The molecule has 1 aromatic heterocycles. The quantitative estimate of drug-likeness (QED) is 0.355. The minimum Gasteiger partial charge on any atom is -0.493 e. The Morgan fingerprint density at radius 1 is 1.20 bits per heavy atom. The molecule has 1 saturated heterocycles. The van der Waals surface area contributed by atoms with Crippen LogP contribution in [0.25, 0.3) is 0 Å². The van der Waals surface area contributed by atoms with E-state index in [1.165, 1.54) is 0 Å². The summed E-state index contributed by atoms with van der Waals surface area (Å²) >= 11 is 0. The van der Waals surface area contributed by atoms with Crippen LogP contribution in [0.15, 0.2) is 28.8 Å². The largest absolute Gasteiger partial charge is 0.493 e. The Labute approximate surface area is 238 Å². The lowest BCUT2D eigenvalue weighted by molar-refractivity contribution is -0.870. The number of amides is 1. The number of quaternary nitrogens is 1. The first-order chi connectivity index (χ1) is 19.1. The standard InChI is InChI=1S/C31H46N4O5/c1-6-7-14-33(15-8-16-35(3,4)5)29(36)21-34-20-25(23-9-11-27-24(18-23)13-17-39-27)30(31(37)38)26(34)10-12-28-32-19-22(2)40-28/h9,11,18-19,25-26,30H,6-8,10,12-17,20-21H2,1-5H3/p+1/t25-,26+,30-/m1/s1. The van der Waals surface area contributed by atoms with Crippen LogP contribution in [0.3, 0.4) is 0 Å². The smallest absolute Gasteiger partial charge is 0.308 e. The van der Waals surface area contributed by atoms with Crippen LogP contribution in [0.5, 0.6) is 5.75 Å². The molecule has 9 nitrogen and oxygen atoms in total. The second-order valence-electron chi connectivity index (χ2n) is 12.4. The number of nitrogens with zero attached hydrogens (tertiary/aromatic N) is 4. The zero-order valence-corrected chi connectivity index (χ0v) is 24.9. The predicted octanol–water partition coefficient (Wildman–Crippen LogP) is 3.74. The number of carboxylic acids is 1. The molecule has 0 spiro atoms. The molecule has 1 N–H and O–H groups in total. The fourth-order valence-electron chi connectivity index (χ4n) is 6.14. The van der Waals surface area contributed by atoms with Crippen molar-refractivity contribution in [3.63, 3.8) is 0 Å². The van der Waals surface area contributed by atoms with E-state index in [1.807, 2.05) is 24.0 Å². The van der Waals surface area contributed by atoms with Gasteiger partial charge in [-0.3, -0.25) is 14.5 Å². The highest BCUT2D eigenvalue weighted by atomic mass is 16.5. The Balaban J connectivity index is 1.56. The highest BCUT2D eigenvalue weighted by Gasteiger charge is 2.47. The van der Waals surface area contributed by atoms with Crippen molar-refractivity contribution in [1.29, 1.82) is 0 Å². The highest BCUT2D eigenvalue weighted by Crippen LogP contribution is 2.41. The van der Waals surface area contributed by atoms with Gasteiger partial charge >= 0.3 is 5.97 Å². The highest BCUT2D eigenvalue weighted by molar-refractivity contribution is 5.79. The summed E-state index contributed by atoms with van der Waals surface area (Å²) < 4.78 is 12.3. The van der Waals surface area contributed by atoms with Gasteiger partial charge in [-0.15, -0.1) is 0 Å². The third-order valence-corrected chi connectivity index (χ3v) is 8.23. The summed E-state index contributed by atoms with van der Waals surface area (Å²) in [5.41, 5.74) is 2.14. The van der Waals surface area contributed by atoms with Gasteiger partial charge in [-0.05, 0) is 37.0 Å². The molecule has 1 aromatic carbocycles. The van der Waals surface area contributed by atoms with Gasteiger partial charge in [0, 0.05) is 50.9 Å². The van der Waals surface area contributed by atoms with Crippen LogP contribution in [0, 0.1) is 12.8 Å². The number of benzene rings is 1. The van der Waals surface area contributed by atoms with Crippen molar-refractivity contribution in [2.75, 3.05) is 60.5 Å². The number of carboxylic acid groups (broad SMARTS) is 1. The molecule has 0 radical (unpaired) electrons. The number of ether oxygens (including phenoxy) is 1. The van der Waals surface area contributed by atoms with E-state index in [0.717, 1.165) is 72.4 Å². The van der Waals surface area contributed by atoms with Crippen LogP contribution < -0.4 is 4.74 Å². The molecular weight excluding hydrogens is 508 g/mol. The maximum atomic E-state index is 13.7. The number of fused-ring (bicyclic) bond motifs is 1. The molecule has 0 saturated carbocycles. The van der Waals surface area contributed by atoms with Gasteiger partial charge in [0.2, 0.25) is 5.91 Å². The lowest BCUT2D eigenvalue weighted by Gasteiger charge is -2.30. The van der Waals surface area contributed by atoms with Gasteiger partial charge in [-0.2, -0.15) is 0 Å². The number of carbonyl (C=O) groups is 2. The number of aromatic nitrogens is 1. The summed E-state index contributed by atoms with van der Waals surface area (Å²) in [5.74, 6) is 0.645. The number of hydrogen-bond donors (Lipinski definition) is 1. The minimum absolute atomic E-state index is 0.0824. The van der Waals surface area contributed by atoms with Crippen LogP contribution in [0.4, 0.5) is 0 Å². The summed E-state index contributed by atoms with van der Waals surface area (Å²) in [4.78, 5) is 35.0. The summed E-state index contributed by atoms with van der Waals surface area (Å²) in [5, 5.41) is 10.5. The number of unbranched alkanes of at least 4 members (excludes halogenated alkanes) is 1. The number of rotatable bonds is 14. The second kappa shape index (κ2) is 13.2. The van der Waals surface area contributed by atoms with Gasteiger partial charge in [-0.25, -0.2) is 4.98 Å². The fourth-order valence-corrected chi connectivity index (χ4v) is 6.14. The first-order valence-electron chi connectivity index (χ1n) is 14.8. The van der Waals surface area contributed by atoms with Gasteiger partial charge in [0.05, 0.1) is 53.0 Å². The molecule has 2 aliphatic rings. The number of likely N-dealkylation sites (tertiary alicyclic amines) is 1. The summed E-state index contributed by atoms with van der Waals surface area (Å²) in [6.45, 7) is 7.84. The molecule has 2 aromatic rings. The third-order valence-electron chi connectivity index (χ3n) is 8.23. The van der Waals surface area contributed by atoms with Gasteiger partial charge < -0.3 is 23.6 Å². The van der Waals surface area contributed by atoms with E-state index in [4.69, 9.17) is 9.15 Å². The maximum absolute atomic E-state index is 13.7. The molecule has 220 valence electrons.